The van der Waals surface area contributed by atoms with Gasteiger partial charge in [0.05, 0.1) is 18.2 Å². The monoisotopic (exact) mass is 362 g/mol. The summed E-state index contributed by atoms with van der Waals surface area (Å²) < 4.78 is 14.4. The molecule has 0 aliphatic rings. The number of nitrogens with zero attached hydrogens (tertiary/aromatic N) is 2. The van der Waals surface area contributed by atoms with Crippen molar-refractivity contribution in [3.63, 3.8) is 0 Å². The third-order valence-corrected chi connectivity index (χ3v) is 3.78. The molecule has 0 aliphatic carbocycles. The Morgan fingerprint density at radius 3 is 2.59 bits per heavy atom. The lowest BCUT2D eigenvalue weighted by molar-refractivity contribution is 0.262. The second-order valence-corrected chi connectivity index (χ2v) is 5.75. The summed E-state index contributed by atoms with van der Waals surface area (Å²) in [4.78, 5) is 24.7. The molecule has 7 heteroatoms. The quantitative estimate of drug-likeness (QED) is 0.744. The van der Waals surface area contributed by atoms with Gasteiger partial charge >= 0.3 is 6.03 Å². The molecule has 0 bridgehead atoms. The number of amides is 2. The summed E-state index contributed by atoms with van der Waals surface area (Å²) in [6, 6.07) is 16.8. The minimum Gasteiger partial charge on any atom is -0.309 e. The van der Waals surface area contributed by atoms with Crippen molar-refractivity contribution in [1.82, 2.24) is 4.57 Å². The number of carbonyl (C=O) groups excluding carboxylic acids is 1. The van der Waals surface area contributed by atoms with E-state index >= 15 is 0 Å². The number of nitrogens with one attached hydrogen (secondary N) is 2. The summed E-state index contributed by atoms with van der Waals surface area (Å²) in [5.41, 5.74) is 1.33. The summed E-state index contributed by atoms with van der Waals surface area (Å²) in [7, 11) is 0. The number of urea groups is 1. The SMILES string of the molecule is N#Cc1cccc(NC(=O)Nc2cccn(Cc3ccc(F)cc3)c2=O)c1. The van der Waals surface area contributed by atoms with Crippen LogP contribution < -0.4 is 16.2 Å². The van der Waals surface area contributed by atoms with Crippen LogP contribution in [0.2, 0.25) is 0 Å². The van der Waals surface area contributed by atoms with Crippen molar-refractivity contribution in [2.24, 2.45) is 0 Å². The smallest absolute Gasteiger partial charge is 0.309 e. The maximum absolute atomic E-state index is 13.0. The first-order chi connectivity index (χ1) is 13.0. The Kier molecular flexibility index (Phi) is 5.28. The van der Waals surface area contributed by atoms with Gasteiger partial charge in [0.15, 0.2) is 0 Å². The van der Waals surface area contributed by atoms with Crippen LogP contribution in [-0.4, -0.2) is 10.6 Å². The van der Waals surface area contributed by atoms with Crippen LogP contribution in [0.1, 0.15) is 11.1 Å². The highest BCUT2D eigenvalue weighted by Gasteiger charge is 2.08. The molecule has 0 fully saturated rings. The van der Waals surface area contributed by atoms with Gasteiger partial charge in [-0.05, 0) is 48.0 Å². The normalized spacial score (nSPS) is 10.1. The van der Waals surface area contributed by atoms with E-state index in [1.807, 2.05) is 6.07 Å². The third kappa shape index (κ3) is 4.58. The number of hydrogen-bond acceptors (Lipinski definition) is 3. The molecule has 0 saturated heterocycles. The second-order valence-electron chi connectivity index (χ2n) is 5.75. The van der Waals surface area contributed by atoms with Gasteiger partial charge in [-0.1, -0.05) is 18.2 Å². The highest BCUT2D eigenvalue weighted by molar-refractivity contribution is 5.99. The largest absolute Gasteiger partial charge is 0.323 e. The maximum Gasteiger partial charge on any atom is 0.323 e. The van der Waals surface area contributed by atoms with Crippen LogP contribution in [0.25, 0.3) is 0 Å². The number of anilines is 2. The number of halogens is 1. The number of aromatic nitrogens is 1. The molecule has 0 aliphatic heterocycles. The first-order valence-electron chi connectivity index (χ1n) is 8.07. The first-order valence-corrected chi connectivity index (χ1v) is 8.07. The number of benzene rings is 2. The Hall–Kier alpha value is -3.92. The summed E-state index contributed by atoms with van der Waals surface area (Å²) in [6.45, 7) is 0.250. The van der Waals surface area contributed by atoms with Crippen LogP contribution in [0.4, 0.5) is 20.6 Å². The van der Waals surface area contributed by atoms with Crippen LogP contribution in [0, 0.1) is 17.1 Å². The lowest BCUT2D eigenvalue weighted by atomic mass is 10.2. The molecular weight excluding hydrogens is 347 g/mol. The average molecular weight is 362 g/mol. The zero-order chi connectivity index (χ0) is 19.2. The van der Waals surface area contributed by atoms with E-state index in [0.717, 1.165) is 5.56 Å². The van der Waals surface area contributed by atoms with Crippen molar-refractivity contribution in [2.45, 2.75) is 6.54 Å². The number of nitriles is 1. The molecule has 3 rings (SSSR count). The highest BCUT2D eigenvalue weighted by atomic mass is 19.1. The van der Waals surface area contributed by atoms with Gasteiger partial charge in [-0.25, -0.2) is 9.18 Å². The summed E-state index contributed by atoms with van der Waals surface area (Å²) in [5.74, 6) is -0.348. The van der Waals surface area contributed by atoms with Crippen molar-refractivity contribution in [2.75, 3.05) is 10.6 Å². The van der Waals surface area contributed by atoms with E-state index in [9.17, 15) is 14.0 Å². The Bertz CT molecular complexity index is 1070. The van der Waals surface area contributed by atoms with Gasteiger partial charge in [0.1, 0.15) is 11.5 Å². The topological polar surface area (TPSA) is 86.9 Å². The lowest BCUT2D eigenvalue weighted by Gasteiger charge is -2.10. The molecular formula is C20H15FN4O2. The van der Waals surface area contributed by atoms with Gasteiger partial charge in [-0.3, -0.25) is 4.79 Å². The van der Waals surface area contributed by atoms with E-state index in [0.29, 0.717) is 11.3 Å². The van der Waals surface area contributed by atoms with Crippen LogP contribution in [0.5, 0.6) is 0 Å². The molecule has 1 aromatic heterocycles. The van der Waals surface area contributed by atoms with Crippen LogP contribution in [0.3, 0.4) is 0 Å². The van der Waals surface area contributed by atoms with E-state index < -0.39 is 6.03 Å². The molecule has 6 nitrogen and oxygen atoms in total. The number of pyridine rings is 1. The predicted molar refractivity (Wildman–Crippen MR) is 100 cm³/mol. The van der Waals surface area contributed by atoms with Crippen molar-refractivity contribution in [3.8, 4) is 6.07 Å². The Labute approximate surface area is 154 Å². The van der Waals surface area contributed by atoms with Crippen molar-refractivity contribution in [3.05, 3.63) is 94.2 Å². The Balaban J connectivity index is 1.73. The Morgan fingerprint density at radius 2 is 1.85 bits per heavy atom. The second kappa shape index (κ2) is 7.97. The van der Waals surface area contributed by atoms with E-state index in [2.05, 4.69) is 10.6 Å². The number of carbonyl (C=O) groups is 1. The molecule has 0 spiro atoms. The molecule has 27 heavy (non-hydrogen) atoms. The number of hydrogen-bond donors (Lipinski definition) is 2. The first kappa shape index (κ1) is 17.9. The minimum absolute atomic E-state index is 0.105. The third-order valence-electron chi connectivity index (χ3n) is 3.78. The van der Waals surface area contributed by atoms with Crippen LogP contribution >= 0.6 is 0 Å². The fourth-order valence-electron chi connectivity index (χ4n) is 2.49. The summed E-state index contributed by atoms with van der Waals surface area (Å²) >= 11 is 0. The standard InChI is InChI=1S/C20H15FN4O2/c21-16-8-6-14(7-9-16)13-25-10-2-5-18(19(25)26)24-20(27)23-17-4-1-3-15(11-17)12-22/h1-11H,13H2,(H2,23,24,27). The summed E-state index contributed by atoms with van der Waals surface area (Å²) in [5, 5.41) is 14.0. The molecule has 0 atom stereocenters. The molecule has 1 heterocycles. The van der Waals surface area contributed by atoms with Gasteiger partial charge in [0, 0.05) is 11.9 Å². The predicted octanol–water partition coefficient (Wildman–Crippen LogP) is 3.55. The van der Waals surface area contributed by atoms with E-state index in [1.165, 1.54) is 28.8 Å². The van der Waals surface area contributed by atoms with Gasteiger partial charge in [0.2, 0.25) is 0 Å². The van der Waals surface area contributed by atoms with Gasteiger partial charge in [-0.2, -0.15) is 5.26 Å². The molecule has 2 N–H and O–H groups in total. The minimum atomic E-state index is -0.596. The zero-order valence-electron chi connectivity index (χ0n) is 14.1. The highest BCUT2D eigenvalue weighted by Crippen LogP contribution is 2.11. The van der Waals surface area contributed by atoms with Crippen molar-refractivity contribution < 1.29 is 9.18 Å². The molecule has 3 aromatic rings. The fourth-order valence-corrected chi connectivity index (χ4v) is 2.49. The molecule has 0 radical (unpaired) electrons. The molecule has 0 unspecified atom stereocenters. The van der Waals surface area contributed by atoms with E-state index in [4.69, 9.17) is 5.26 Å². The van der Waals surface area contributed by atoms with Crippen LogP contribution in [0.15, 0.2) is 71.7 Å². The molecule has 0 saturated carbocycles. The lowest BCUT2D eigenvalue weighted by Crippen LogP contribution is -2.28. The van der Waals surface area contributed by atoms with Gasteiger partial charge in [-0.15, -0.1) is 0 Å². The fraction of sp³-hybridized carbons (Fsp3) is 0.0500. The van der Waals surface area contributed by atoms with Crippen molar-refractivity contribution >= 4 is 17.4 Å². The molecule has 2 amide bonds. The maximum atomic E-state index is 13.0. The Morgan fingerprint density at radius 1 is 1.07 bits per heavy atom. The number of rotatable bonds is 4. The molecule has 2 aromatic carbocycles. The summed E-state index contributed by atoms with van der Waals surface area (Å²) in [6.07, 6.45) is 1.59. The van der Waals surface area contributed by atoms with E-state index in [-0.39, 0.29) is 23.6 Å². The van der Waals surface area contributed by atoms with Crippen molar-refractivity contribution in [1.29, 1.82) is 5.26 Å². The molecule has 134 valence electrons. The van der Waals surface area contributed by atoms with Gasteiger partial charge in [0.25, 0.3) is 5.56 Å². The zero-order valence-corrected chi connectivity index (χ0v) is 14.1. The average Bonchev–Trinajstić information content (AvgIpc) is 2.67. The van der Waals surface area contributed by atoms with Crippen LogP contribution in [-0.2, 0) is 6.54 Å². The van der Waals surface area contributed by atoms with E-state index in [1.54, 1.807) is 42.6 Å². The van der Waals surface area contributed by atoms with Gasteiger partial charge < -0.3 is 15.2 Å².